The largest absolute Gasteiger partial charge is 0.353 e. The molecule has 0 radical (unpaired) electrons. The molecule has 0 aromatic heterocycles. The summed E-state index contributed by atoms with van der Waals surface area (Å²) in [6, 6.07) is 8.34. The van der Waals surface area contributed by atoms with E-state index in [9.17, 15) is 9.59 Å². The van der Waals surface area contributed by atoms with Gasteiger partial charge in [0.15, 0.2) is 0 Å². The molecule has 1 aromatic carbocycles. The Morgan fingerprint density at radius 1 is 1.23 bits per heavy atom. The summed E-state index contributed by atoms with van der Waals surface area (Å²) >= 11 is 0. The number of piperidine rings is 1. The Morgan fingerprint density at radius 3 is 2.60 bits per heavy atom. The van der Waals surface area contributed by atoms with Gasteiger partial charge in [-0.1, -0.05) is 43.7 Å². The van der Waals surface area contributed by atoms with E-state index in [1.54, 1.807) is 0 Å². The van der Waals surface area contributed by atoms with E-state index < -0.39 is 0 Å². The molecule has 2 fully saturated rings. The molecular formula is C25H37N3O2. The third-order valence-electron chi connectivity index (χ3n) is 6.56. The predicted molar refractivity (Wildman–Crippen MR) is 123 cm³/mol. The number of nitrogens with zero attached hydrogens (tertiary/aromatic N) is 2. The van der Waals surface area contributed by atoms with Gasteiger partial charge in [-0.05, 0) is 50.7 Å². The monoisotopic (exact) mass is 411 g/mol. The Morgan fingerprint density at radius 2 is 1.93 bits per heavy atom. The summed E-state index contributed by atoms with van der Waals surface area (Å²) in [7, 11) is 0. The first-order valence-electron chi connectivity index (χ1n) is 11.4. The van der Waals surface area contributed by atoms with Crippen molar-refractivity contribution in [1.82, 2.24) is 10.2 Å². The first kappa shape index (κ1) is 22.5. The van der Waals surface area contributed by atoms with Gasteiger partial charge in [-0.15, -0.1) is 0 Å². The summed E-state index contributed by atoms with van der Waals surface area (Å²) in [4.78, 5) is 29.9. The van der Waals surface area contributed by atoms with Gasteiger partial charge in [0.25, 0.3) is 0 Å². The number of carbonyl (C=O) groups is 2. The van der Waals surface area contributed by atoms with Crippen molar-refractivity contribution in [3.63, 3.8) is 0 Å². The Labute approximate surface area is 181 Å². The smallest absolute Gasteiger partial charge is 0.227 e. The number of nitrogens with one attached hydrogen (secondary N) is 1. The first-order valence-corrected chi connectivity index (χ1v) is 11.4. The number of para-hydroxylation sites is 1. The van der Waals surface area contributed by atoms with E-state index in [1.165, 1.54) is 11.1 Å². The van der Waals surface area contributed by atoms with E-state index in [-0.39, 0.29) is 23.8 Å². The van der Waals surface area contributed by atoms with E-state index in [2.05, 4.69) is 50.1 Å². The number of amides is 2. The van der Waals surface area contributed by atoms with E-state index in [4.69, 9.17) is 0 Å². The van der Waals surface area contributed by atoms with Gasteiger partial charge in [-0.3, -0.25) is 14.5 Å². The van der Waals surface area contributed by atoms with Gasteiger partial charge in [0, 0.05) is 44.3 Å². The lowest BCUT2D eigenvalue weighted by Gasteiger charge is -2.32. The number of likely N-dealkylation sites (tertiary alicyclic amines) is 1. The SMILES string of the molecule is CCC(C)c1ccccc1N1CC(C(=O)NC2CCN(CC=C(C)C)CC2)CC1=O. The van der Waals surface area contributed by atoms with E-state index in [1.807, 2.05) is 23.1 Å². The van der Waals surface area contributed by atoms with Gasteiger partial charge >= 0.3 is 0 Å². The summed E-state index contributed by atoms with van der Waals surface area (Å²) in [6.07, 6.45) is 5.54. The van der Waals surface area contributed by atoms with Gasteiger partial charge in [-0.25, -0.2) is 0 Å². The summed E-state index contributed by atoms with van der Waals surface area (Å²) < 4.78 is 0. The van der Waals surface area contributed by atoms with Crippen LogP contribution in [-0.4, -0.2) is 48.9 Å². The number of hydrogen-bond donors (Lipinski definition) is 1. The van der Waals surface area contributed by atoms with E-state index in [0.29, 0.717) is 18.9 Å². The Bertz CT molecular complexity index is 776. The predicted octanol–water partition coefficient (Wildman–Crippen LogP) is 4.10. The molecule has 2 heterocycles. The number of allylic oxidation sites excluding steroid dienone is 1. The maximum absolute atomic E-state index is 12.9. The molecule has 5 heteroatoms. The molecule has 2 aliphatic rings. The third-order valence-corrected chi connectivity index (χ3v) is 6.56. The highest BCUT2D eigenvalue weighted by Crippen LogP contribution is 2.33. The molecule has 3 rings (SSSR count). The zero-order chi connectivity index (χ0) is 21.7. The maximum atomic E-state index is 12.9. The number of carbonyl (C=O) groups excluding carboxylic acids is 2. The van der Waals surface area contributed by atoms with Crippen LogP contribution in [0.4, 0.5) is 5.69 Å². The van der Waals surface area contributed by atoms with Crippen LogP contribution >= 0.6 is 0 Å². The van der Waals surface area contributed by atoms with Crippen LogP contribution in [0, 0.1) is 5.92 Å². The molecule has 2 amide bonds. The molecule has 1 N–H and O–H groups in total. The molecule has 0 bridgehead atoms. The summed E-state index contributed by atoms with van der Waals surface area (Å²) in [5.74, 6) is 0.224. The van der Waals surface area contributed by atoms with Gasteiger partial charge in [-0.2, -0.15) is 0 Å². The Balaban J connectivity index is 1.56. The van der Waals surface area contributed by atoms with Gasteiger partial charge < -0.3 is 10.2 Å². The zero-order valence-electron chi connectivity index (χ0n) is 19.0. The lowest BCUT2D eigenvalue weighted by Crippen LogP contribution is -2.46. The molecule has 164 valence electrons. The summed E-state index contributed by atoms with van der Waals surface area (Å²) in [5, 5.41) is 3.23. The average molecular weight is 412 g/mol. The van der Waals surface area contributed by atoms with Crippen LogP contribution in [0.3, 0.4) is 0 Å². The second-order valence-electron chi connectivity index (χ2n) is 9.14. The van der Waals surface area contributed by atoms with Crippen LogP contribution in [0.25, 0.3) is 0 Å². The first-order chi connectivity index (χ1) is 14.4. The number of benzene rings is 1. The van der Waals surface area contributed by atoms with Crippen molar-refractivity contribution in [2.24, 2.45) is 5.92 Å². The van der Waals surface area contributed by atoms with Crippen LogP contribution in [0.1, 0.15) is 64.9 Å². The number of rotatable bonds is 7. The summed E-state index contributed by atoms with van der Waals surface area (Å²) in [6.45, 7) is 12.1. The average Bonchev–Trinajstić information content (AvgIpc) is 3.14. The molecule has 2 atom stereocenters. The van der Waals surface area contributed by atoms with Crippen molar-refractivity contribution in [2.45, 2.75) is 65.3 Å². The fraction of sp³-hybridized carbons (Fsp3) is 0.600. The zero-order valence-corrected chi connectivity index (χ0v) is 19.0. The molecule has 0 aliphatic carbocycles. The highest BCUT2D eigenvalue weighted by Gasteiger charge is 2.37. The molecule has 2 saturated heterocycles. The maximum Gasteiger partial charge on any atom is 0.227 e. The molecule has 2 unspecified atom stereocenters. The van der Waals surface area contributed by atoms with Crippen molar-refractivity contribution in [1.29, 1.82) is 0 Å². The molecule has 2 aliphatic heterocycles. The molecule has 30 heavy (non-hydrogen) atoms. The normalized spacial score (nSPS) is 21.5. The lowest BCUT2D eigenvalue weighted by atomic mass is 9.96. The fourth-order valence-corrected chi connectivity index (χ4v) is 4.38. The highest BCUT2D eigenvalue weighted by molar-refractivity contribution is 6.01. The van der Waals surface area contributed by atoms with Crippen molar-refractivity contribution >= 4 is 17.5 Å². The molecule has 0 spiro atoms. The number of hydrogen-bond acceptors (Lipinski definition) is 3. The molecule has 5 nitrogen and oxygen atoms in total. The number of anilines is 1. The second-order valence-corrected chi connectivity index (χ2v) is 9.14. The van der Waals surface area contributed by atoms with Gasteiger partial charge in [0.05, 0.1) is 5.92 Å². The molecular weight excluding hydrogens is 374 g/mol. The lowest BCUT2D eigenvalue weighted by molar-refractivity contribution is -0.127. The summed E-state index contributed by atoms with van der Waals surface area (Å²) in [5.41, 5.74) is 3.51. The van der Waals surface area contributed by atoms with Crippen molar-refractivity contribution in [2.75, 3.05) is 31.1 Å². The minimum atomic E-state index is -0.258. The fourth-order valence-electron chi connectivity index (χ4n) is 4.38. The second kappa shape index (κ2) is 10.3. The minimum absolute atomic E-state index is 0.0367. The quantitative estimate of drug-likeness (QED) is 0.687. The van der Waals surface area contributed by atoms with E-state index >= 15 is 0 Å². The van der Waals surface area contributed by atoms with Crippen molar-refractivity contribution in [3.8, 4) is 0 Å². The minimum Gasteiger partial charge on any atom is -0.353 e. The molecule has 1 aromatic rings. The Hall–Kier alpha value is -2.14. The van der Waals surface area contributed by atoms with Crippen LogP contribution in [0.5, 0.6) is 0 Å². The van der Waals surface area contributed by atoms with Crippen LogP contribution < -0.4 is 10.2 Å². The van der Waals surface area contributed by atoms with Crippen LogP contribution in [-0.2, 0) is 9.59 Å². The van der Waals surface area contributed by atoms with Crippen LogP contribution in [0.2, 0.25) is 0 Å². The highest BCUT2D eigenvalue weighted by atomic mass is 16.2. The van der Waals surface area contributed by atoms with Crippen LogP contribution in [0.15, 0.2) is 35.9 Å². The topological polar surface area (TPSA) is 52.7 Å². The Kier molecular flexibility index (Phi) is 7.70. The van der Waals surface area contributed by atoms with Crippen molar-refractivity contribution in [3.05, 3.63) is 41.5 Å². The van der Waals surface area contributed by atoms with E-state index in [0.717, 1.165) is 44.6 Å². The van der Waals surface area contributed by atoms with Gasteiger partial charge in [0.2, 0.25) is 11.8 Å². The van der Waals surface area contributed by atoms with Crippen molar-refractivity contribution < 1.29 is 9.59 Å². The van der Waals surface area contributed by atoms with Gasteiger partial charge in [0.1, 0.15) is 0 Å². The molecule has 0 saturated carbocycles. The standard InChI is InChI=1S/C25H37N3O2/c1-5-19(4)22-8-6-7-9-23(22)28-17-20(16-24(28)29)25(30)26-21-11-14-27(15-12-21)13-10-18(2)3/h6-10,19-21H,5,11-17H2,1-4H3,(H,26,30). The third kappa shape index (κ3) is 5.51.